The summed E-state index contributed by atoms with van der Waals surface area (Å²) in [5, 5.41) is 7.27. The molecule has 0 unspecified atom stereocenters. The molecule has 2 aliphatic rings. The molecule has 330 valence electrons. The van der Waals surface area contributed by atoms with Crippen LogP contribution in [0.5, 0.6) is 0 Å². The summed E-state index contributed by atoms with van der Waals surface area (Å²) in [6.07, 6.45) is 7.40. The van der Waals surface area contributed by atoms with Gasteiger partial charge < -0.3 is 49.3 Å². The van der Waals surface area contributed by atoms with Crippen LogP contribution in [0.4, 0.5) is 9.59 Å². The number of aromatic amines is 2. The summed E-state index contributed by atoms with van der Waals surface area (Å²) in [5.74, 6) is 1.71. The van der Waals surface area contributed by atoms with Crippen molar-refractivity contribution in [2.24, 2.45) is 11.3 Å². The van der Waals surface area contributed by atoms with Crippen molar-refractivity contribution in [2.75, 3.05) is 47.1 Å². The topological polar surface area (TPSA) is 193 Å². The van der Waals surface area contributed by atoms with E-state index in [0.29, 0.717) is 44.2 Å². The predicted octanol–water partition coefficient (Wildman–Crippen LogP) is 6.46. The zero-order valence-corrected chi connectivity index (χ0v) is 36.5. The van der Waals surface area contributed by atoms with Gasteiger partial charge in [0.25, 0.3) is 5.79 Å². The molecule has 0 bridgehead atoms. The van der Waals surface area contributed by atoms with Crippen molar-refractivity contribution in [3.8, 4) is 34.7 Å². The van der Waals surface area contributed by atoms with Crippen LogP contribution in [0, 0.1) is 23.7 Å². The van der Waals surface area contributed by atoms with E-state index in [9.17, 15) is 19.2 Å². The van der Waals surface area contributed by atoms with Crippen LogP contribution in [0.2, 0.25) is 0 Å². The van der Waals surface area contributed by atoms with E-state index in [1.165, 1.54) is 14.2 Å². The van der Waals surface area contributed by atoms with Crippen molar-refractivity contribution in [3.05, 3.63) is 84.6 Å². The average Bonchev–Trinajstić information content (AvgIpc) is 4.13. The summed E-state index contributed by atoms with van der Waals surface area (Å²) in [6, 6.07) is 17.2. The third-order valence-electron chi connectivity index (χ3n) is 12.1. The van der Waals surface area contributed by atoms with Gasteiger partial charge in [-0.15, -0.1) is 6.42 Å². The van der Waals surface area contributed by atoms with E-state index in [-0.39, 0.29) is 37.4 Å². The largest absolute Gasteiger partial charge is 0.453 e. The fraction of sp³-hybridized carbons (Fsp3) is 0.404. The van der Waals surface area contributed by atoms with Crippen molar-refractivity contribution in [2.45, 2.75) is 65.0 Å². The fourth-order valence-electron chi connectivity index (χ4n) is 8.16. The second kappa shape index (κ2) is 18.3. The van der Waals surface area contributed by atoms with E-state index >= 15 is 0 Å². The van der Waals surface area contributed by atoms with Crippen LogP contribution in [0.25, 0.3) is 44.2 Å². The van der Waals surface area contributed by atoms with E-state index in [1.807, 2.05) is 51.1 Å². The summed E-state index contributed by atoms with van der Waals surface area (Å²) >= 11 is 0. The van der Waals surface area contributed by atoms with Crippen molar-refractivity contribution in [1.82, 2.24) is 40.4 Å². The molecule has 63 heavy (non-hydrogen) atoms. The van der Waals surface area contributed by atoms with Crippen LogP contribution in [0.3, 0.4) is 0 Å². The number of benzene rings is 3. The van der Waals surface area contributed by atoms with Crippen molar-refractivity contribution >= 4 is 45.8 Å². The van der Waals surface area contributed by atoms with Gasteiger partial charge in [0.2, 0.25) is 11.8 Å². The van der Waals surface area contributed by atoms with E-state index in [1.54, 1.807) is 22.9 Å². The molecular weight excluding hydrogens is 805 g/mol. The monoisotopic (exact) mass is 858 g/mol. The minimum Gasteiger partial charge on any atom is -0.453 e. The van der Waals surface area contributed by atoms with Gasteiger partial charge in [0.05, 0.1) is 68.9 Å². The molecule has 0 aliphatic carbocycles. The zero-order valence-electron chi connectivity index (χ0n) is 36.5. The SMILES string of the molecule is C#CC1(CN(Cc2nc3c(ccc4cc(-c5ccc(-c6cnc([C@@H]7C(=C)CCN7C(=O)[C@@H](NC(=O)OC)C(C)C)[nH]6)cc5)ccc43)[nH]2)C(=O)[C@@](C)(CC)CNC(=O)OC)OCCO1. The molecule has 16 nitrogen and oxygen atoms in total. The number of hydrogen-bond acceptors (Lipinski definition) is 10. The first kappa shape index (κ1) is 44.4. The molecule has 2 aliphatic heterocycles. The van der Waals surface area contributed by atoms with Gasteiger partial charge in [-0.25, -0.2) is 19.6 Å². The number of ether oxygens (including phenoxy) is 4. The normalized spacial score (nSPS) is 17.3. The van der Waals surface area contributed by atoms with Crippen LogP contribution in [-0.4, -0.2) is 113 Å². The number of nitrogens with zero attached hydrogens (tertiary/aromatic N) is 4. The molecule has 0 spiro atoms. The third-order valence-corrected chi connectivity index (χ3v) is 12.1. The summed E-state index contributed by atoms with van der Waals surface area (Å²) in [4.78, 5) is 71.8. The highest BCUT2D eigenvalue weighted by molar-refractivity contribution is 6.05. The number of likely N-dealkylation sites (tertiary alicyclic amines) is 1. The predicted molar refractivity (Wildman–Crippen MR) is 237 cm³/mol. The molecule has 3 aromatic carbocycles. The van der Waals surface area contributed by atoms with E-state index in [2.05, 4.69) is 62.4 Å². The van der Waals surface area contributed by atoms with Crippen LogP contribution < -0.4 is 10.6 Å². The number of H-pyrrole nitrogens is 2. The Labute approximate surface area is 366 Å². The Morgan fingerprint density at radius 2 is 1.73 bits per heavy atom. The second-order valence-electron chi connectivity index (χ2n) is 16.6. The zero-order chi connectivity index (χ0) is 45.1. The Bertz CT molecular complexity index is 2570. The van der Waals surface area contributed by atoms with Gasteiger partial charge in [0, 0.05) is 18.5 Å². The first-order chi connectivity index (χ1) is 30.2. The first-order valence-corrected chi connectivity index (χ1v) is 21.0. The number of methoxy groups -OCH3 is 2. The van der Waals surface area contributed by atoms with E-state index in [0.717, 1.165) is 49.8 Å². The summed E-state index contributed by atoms with van der Waals surface area (Å²) in [7, 11) is 2.54. The van der Waals surface area contributed by atoms with Crippen molar-refractivity contribution in [3.63, 3.8) is 0 Å². The number of terminal acetylenes is 1. The number of rotatable bonds is 14. The number of nitrogens with one attached hydrogen (secondary N) is 4. The number of imidazole rings is 2. The van der Waals surface area contributed by atoms with Gasteiger partial charge in [-0.1, -0.05) is 69.8 Å². The fourth-order valence-corrected chi connectivity index (χ4v) is 8.16. The van der Waals surface area contributed by atoms with Gasteiger partial charge >= 0.3 is 12.2 Å². The standard InChI is InChI=1S/C47H54N8O8/c1-9-46(6,26-49-44(58)60-7)43(57)54(27-47(10-2)62-21-22-63-47)25-37-50-35-18-16-33-23-32(15-17-34(33)39(35)52-37)30-11-13-31(14-12-30)36-24-48-41(51-36)40-29(5)19-20-55(40)42(56)38(28(3)4)53-45(59)61-8/h2,11-18,23-24,28,38,40H,5,9,19-22,25-27H2,1,3-4,6-8H3,(H,48,51)(H,49,58)(H,50,52)(H,53,59)/t38-,40-,46-/m0/s1. The van der Waals surface area contributed by atoms with Gasteiger partial charge in [-0.3, -0.25) is 9.59 Å². The molecule has 5 aromatic rings. The number of hydrogen-bond donors (Lipinski definition) is 4. The molecule has 7 rings (SSSR count). The minimum absolute atomic E-state index is 0.0377. The van der Waals surface area contributed by atoms with Crippen LogP contribution in [0.15, 0.2) is 72.9 Å². The van der Waals surface area contributed by atoms with Crippen LogP contribution >= 0.6 is 0 Å². The molecule has 2 saturated heterocycles. The number of alkyl carbamates (subject to hydrolysis) is 2. The average molecular weight is 859 g/mol. The Balaban J connectivity index is 1.10. The Hall–Kier alpha value is -6.70. The lowest BCUT2D eigenvalue weighted by Gasteiger charge is -2.36. The highest BCUT2D eigenvalue weighted by Crippen LogP contribution is 2.37. The highest BCUT2D eigenvalue weighted by atomic mass is 16.7. The summed E-state index contributed by atoms with van der Waals surface area (Å²) < 4.78 is 21.2. The molecule has 3 atom stereocenters. The van der Waals surface area contributed by atoms with Crippen LogP contribution in [0.1, 0.15) is 58.2 Å². The maximum atomic E-state index is 14.3. The number of carbonyl (C=O) groups is 4. The van der Waals surface area contributed by atoms with Crippen LogP contribution in [-0.2, 0) is 35.1 Å². The number of fused-ring (bicyclic) bond motifs is 3. The van der Waals surface area contributed by atoms with Gasteiger partial charge in [0.15, 0.2) is 0 Å². The lowest BCUT2D eigenvalue weighted by molar-refractivity contribution is -0.158. The lowest BCUT2D eigenvalue weighted by Crippen LogP contribution is -2.52. The maximum Gasteiger partial charge on any atom is 0.407 e. The van der Waals surface area contributed by atoms with Crippen molar-refractivity contribution in [1.29, 1.82) is 0 Å². The van der Waals surface area contributed by atoms with Gasteiger partial charge in [-0.2, -0.15) is 0 Å². The Morgan fingerprint density at radius 3 is 2.40 bits per heavy atom. The number of amides is 4. The molecule has 16 heteroatoms. The Morgan fingerprint density at radius 1 is 1.03 bits per heavy atom. The summed E-state index contributed by atoms with van der Waals surface area (Å²) in [6.45, 7) is 12.8. The van der Waals surface area contributed by atoms with Gasteiger partial charge in [-0.05, 0) is 71.4 Å². The second-order valence-corrected chi connectivity index (χ2v) is 16.6. The van der Waals surface area contributed by atoms with E-state index in [4.69, 9.17) is 30.4 Å². The van der Waals surface area contributed by atoms with Crippen molar-refractivity contribution < 1.29 is 38.1 Å². The first-order valence-electron chi connectivity index (χ1n) is 21.0. The smallest absolute Gasteiger partial charge is 0.407 e. The highest BCUT2D eigenvalue weighted by Gasteiger charge is 2.43. The van der Waals surface area contributed by atoms with E-state index < -0.39 is 35.5 Å². The molecular formula is C47H54N8O8. The number of aromatic nitrogens is 4. The molecule has 2 fully saturated rings. The molecule has 4 heterocycles. The quantitative estimate of drug-likeness (QED) is 0.0712. The molecule has 0 radical (unpaired) electrons. The number of carbonyl (C=O) groups excluding carboxylic acids is 4. The van der Waals surface area contributed by atoms with Gasteiger partial charge in [0.1, 0.15) is 23.7 Å². The maximum absolute atomic E-state index is 14.3. The Kier molecular flexibility index (Phi) is 12.9. The third kappa shape index (κ3) is 9.11. The molecule has 0 saturated carbocycles. The summed E-state index contributed by atoms with van der Waals surface area (Å²) in [5.41, 5.74) is 5.16. The minimum atomic E-state index is -1.41. The molecule has 4 N–H and O–H groups in total. The molecule has 2 aromatic heterocycles. The lowest BCUT2D eigenvalue weighted by atomic mass is 9.85. The molecule has 4 amide bonds.